The van der Waals surface area contributed by atoms with Gasteiger partial charge in [-0.25, -0.2) is 13.1 Å². The largest absolute Gasteiger partial charge is 0.328 e. The van der Waals surface area contributed by atoms with Crippen LogP contribution in [0.4, 0.5) is 0 Å². The highest BCUT2D eigenvalue weighted by Crippen LogP contribution is 2.21. The number of pyridine rings is 1. The summed E-state index contributed by atoms with van der Waals surface area (Å²) in [5, 5.41) is 0. The highest BCUT2D eigenvalue weighted by atomic mass is 79.9. The second-order valence-corrected chi connectivity index (χ2v) is 7.15. The topological polar surface area (TPSA) is 79.0 Å². The Morgan fingerprint density at radius 2 is 1.86 bits per heavy atom. The predicted octanol–water partition coefficient (Wildman–Crippen LogP) is 2.57. The third-order valence-corrected chi connectivity index (χ3v) is 5.04. The lowest BCUT2D eigenvalue weighted by Crippen LogP contribution is -2.28. The van der Waals surface area contributed by atoms with Crippen LogP contribution < -0.4 is 10.3 Å². The molecule has 5 nitrogen and oxygen atoms in total. The van der Waals surface area contributed by atoms with Crippen LogP contribution in [-0.2, 0) is 10.0 Å². The number of aromatic amines is 1. The molecule has 0 amide bonds. The van der Waals surface area contributed by atoms with Gasteiger partial charge in [-0.2, -0.15) is 0 Å². The molecule has 1 unspecified atom stereocenters. The van der Waals surface area contributed by atoms with Crippen molar-refractivity contribution in [3.8, 4) is 0 Å². The molecule has 1 heterocycles. The van der Waals surface area contributed by atoms with Gasteiger partial charge >= 0.3 is 0 Å². The Balaban J connectivity index is 2.26. The summed E-state index contributed by atoms with van der Waals surface area (Å²) in [5.41, 5.74) is 0.544. The van der Waals surface area contributed by atoms with E-state index in [4.69, 9.17) is 0 Å². The normalized spacial score (nSPS) is 13.0. The minimum Gasteiger partial charge on any atom is -0.328 e. The molecular formula is C14H15BrN2O3S. The van der Waals surface area contributed by atoms with Crippen LogP contribution in [0.1, 0.15) is 24.9 Å². The summed E-state index contributed by atoms with van der Waals surface area (Å²) in [5.74, 6) is 0. The van der Waals surface area contributed by atoms with Crippen LogP contribution >= 0.6 is 15.9 Å². The van der Waals surface area contributed by atoms with Gasteiger partial charge in [-0.1, -0.05) is 35.0 Å². The quantitative estimate of drug-likeness (QED) is 0.848. The fraction of sp³-hybridized carbons (Fsp3) is 0.214. The zero-order valence-corrected chi connectivity index (χ0v) is 13.7. The lowest BCUT2D eigenvalue weighted by molar-refractivity contribution is 0.549. The third-order valence-electron chi connectivity index (χ3n) is 3.04. The molecule has 21 heavy (non-hydrogen) atoms. The van der Waals surface area contributed by atoms with Gasteiger partial charge in [0.25, 0.3) is 0 Å². The first kappa shape index (κ1) is 15.9. The fourth-order valence-corrected chi connectivity index (χ4v) is 3.44. The van der Waals surface area contributed by atoms with Crippen LogP contribution in [0.5, 0.6) is 0 Å². The number of halogens is 1. The smallest absolute Gasteiger partial charge is 0.247 e. The number of benzene rings is 1. The molecule has 2 N–H and O–H groups in total. The molecule has 0 spiro atoms. The minimum atomic E-state index is -3.68. The van der Waals surface area contributed by atoms with Crippen LogP contribution in [0, 0.1) is 0 Å². The average molecular weight is 371 g/mol. The molecule has 2 rings (SSSR count). The van der Waals surface area contributed by atoms with Gasteiger partial charge in [0, 0.05) is 22.8 Å². The molecule has 1 aromatic carbocycles. The average Bonchev–Trinajstić information content (AvgIpc) is 2.46. The predicted molar refractivity (Wildman–Crippen MR) is 84.6 cm³/mol. The Labute approximate surface area is 131 Å². The van der Waals surface area contributed by atoms with Gasteiger partial charge in [0.15, 0.2) is 0 Å². The summed E-state index contributed by atoms with van der Waals surface area (Å²) in [6.07, 6.45) is 1.81. The standard InChI is InChI=1S/C14H15BrN2O3S/c1-2-13(10-3-5-11(15)6-4-10)17-21(19,20)12-7-8-14(18)16-9-12/h3-9,13,17H,2H2,1H3,(H,16,18). The second-order valence-electron chi connectivity index (χ2n) is 4.52. The van der Waals surface area contributed by atoms with Crippen molar-refractivity contribution in [2.75, 3.05) is 0 Å². The highest BCUT2D eigenvalue weighted by Gasteiger charge is 2.20. The van der Waals surface area contributed by atoms with E-state index in [1.807, 2.05) is 31.2 Å². The number of H-pyrrole nitrogens is 1. The summed E-state index contributed by atoms with van der Waals surface area (Å²) in [7, 11) is -3.68. The first-order chi connectivity index (χ1) is 9.92. The molecule has 112 valence electrons. The lowest BCUT2D eigenvalue weighted by atomic mass is 10.1. The van der Waals surface area contributed by atoms with Gasteiger partial charge in [-0.15, -0.1) is 0 Å². The van der Waals surface area contributed by atoms with Crippen molar-refractivity contribution in [1.82, 2.24) is 9.71 Å². The minimum absolute atomic E-state index is 0.0395. The molecule has 2 aromatic rings. The molecule has 1 atom stereocenters. The van der Waals surface area contributed by atoms with Gasteiger partial charge in [0.2, 0.25) is 15.6 Å². The van der Waals surface area contributed by atoms with Crippen molar-refractivity contribution in [3.05, 3.63) is 63.0 Å². The van der Waals surface area contributed by atoms with E-state index in [1.165, 1.54) is 18.3 Å². The summed E-state index contributed by atoms with van der Waals surface area (Å²) in [6.45, 7) is 1.90. The van der Waals surface area contributed by atoms with Crippen LogP contribution in [0.3, 0.4) is 0 Å². The van der Waals surface area contributed by atoms with E-state index in [0.29, 0.717) is 6.42 Å². The van der Waals surface area contributed by atoms with Crippen LogP contribution in [-0.4, -0.2) is 13.4 Å². The number of aromatic nitrogens is 1. The van der Waals surface area contributed by atoms with Gasteiger partial charge in [0.05, 0.1) is 4.90 Å². The van der Waals surface area contributed by atoms with E-state index < -0.39 is 10.0 Å². The van der Waals surface area contributed by atoms with E-state index in [2.05, 4.69) is 25.6 Å². The SMILES string of the molecule is CCC(NS(=O)(=O)c1ccc(=O)[nH]c1)c1ccc(Br)cc1. The number of sulfonamides is 1. The monoisotopic (exact) mass is 370 g/mol. The lowest BCUT2D eigenvalue weighted by Gasteiger charge is -2.17. The van der Waals surface area contributed by atoms with Gasteiger partial charge in [-0.05, 0) is 30.2 Å². The summed E-state index contributed by atoms with van der Waals surface area (Å²) >= 11 is 3.35. The van der Waals surface area contributed by atoms with E-state index in [0.717, 1.165) is 10.0 Å². The first-order valence-corrected chi connectivity index (χ1v) is 8.66. The van der Waals surface area contributed by atoms with Crippen molar-refractivity contribution < 1.29 is 8.42 Å². The third kappa shape index (κ3) is 4.03. The Morgan fingerprint density at radius 1 is 1.19 bits per heavy atom. The zero-order valence-electron chi connectivity index (χ0n) is 11.3. The summed E-state index contributed by atoms with van der Waals surface area (Å²) in [6, 6.07) is 9.62. The summed E-state index contributed by atoms with van der Waals surface area (Å²) in [4.78, 5) is 13.4. The molecule has 1 aromatic heterocycles. The van der Waals surface area contributed by atoms with Crippen molar-refractivity contribution in [3.63, 3.8) is 0 Å². The molecule has 0 aliphatic carbocycles. The van der Waals surface area contributed by atoms with E-state index in [-0.39, 0.29) is 16.5 Å². The number of nitrogens with one attached hydrogen (secondary N) is 2. The second kappa shape index (κ2) is 6.55. The Kier molecular flexibility index (Phi) is 4.97. The van der Waals surface area contributed by atoms with Crippen molar-refractivity contribution in [2.45, 2.75) is 24.3 Å². The number of hydrogen-bond donors (Lipinski definition) is 2. The van der Waals surface area contributed by atoms with Gasteiger partial charge in [-0.3, -0.25) is 4.79 Å². The summed E-state index contributed by atoms with van der Waals surface area (Å²) < 4.78 is 28.2. The molecule has 0 saturated carbocycles. The molecule has 7 heteroatoms. The zero-order chi connectivity index (χ0) is 15.5. The molecule has 0 radical (unpaired) electrons. The van der Waals surface area contributed by atoms with Crippen LogP contribution in [0.15, 0.2) is 56.8 Å². The van der Waals surface area contributed by atoms with E-state index >= 15 is 0 Å². The Morgan fingerprint density at radius 3 is 2.38 bits per heavy atom. The number of hydrogen-bond acceptors (Lipinski definition) is 3. The maximum absolute atomic E-state index is 12.3. The van der Waals surface area contributed by atoms with Crippen molar-refractivity contribution in [2.24, 2.45) is 0 Å². The Bertz CT molecular complexity index is 749. The molecule has 0 aliphatic heterocycles. The maximum Gasteiger partial charge on any atom is 0.247 e. The van der Waals surface area contributed by atoms with Gasteiger partial charge in [0.1, 0.15) is 0 Å². The van der Waals surface area contributed by atoms with Crippen molar-refractivity contribution >= 4 is 26.0 Å². The van der Waals surface area contributed by atoms with E-state index in [1.54, 1.807) is 0 Å². The van der Waals surface area contributed by atoms with Crippen LogP contribution in [0.2, 0.25) is 0 Å². The van der Waals surface area contributed by atoms with Crippen molar-refractivity contribution in [1.29, 1.82) is 0 Å². The molecular weight excluding hydrogens is 356 g/mol. The van der Waals surface area contributed by atoms with E-state index in [9.17, 15) is 13.2 Å². The molecule has 0 fully saturated rings. The Hall–Kier alpha value is -1.44. The highest BCUT2D eigenvalue weighted by molar-refractivity contribution is 9.10. The fourth-order valence-electron chi connectivity index (χ4n) is 1.90. The molecule has 0 bridgehead atoms. The molecule has 0 saturated heterocycles. The maximum atomic E-state index is 12.3. The number of rotatable bonds is 5. The van der Waals surface area contributed by atoms with Crippen LogP contribution in [0.25, 0.3) is 0 Å². The van der Waals surface area contributed by atoms with Gasteiger partial charge < -0.3 is 4.98 Å². The first-order valence-electron chi connectivity index (χ1n) is 6.39. The molecule has 0 aliphatic rings.